The number of anilines is 2. The van der Waals surface area contributed by atoms with Crippen LogP contribution in [0.15, 0.2) is 35.2 Å². The second-order valence-electron chi connectivity index (χ2n) is 2.86. The predicted octanol–water partition coefficient (Wildman–Crippen LogP) is 2.32. The molecule has 0 aliphatic rings. The largest absolute Gasteiger partial charge is 0.337 e. The van der Waals surface area contributed by atoms with Gasteiger partial charge in [-0.3, -0.25) is 4.68 Å². The molecule has 0 amide bonds. The van der Waals surface area contributed by atoms with Crippen LogP contribution in [0.5, 0.6) is 0 Å². The Morgan fingerprint density at radius 2 is 2.36 bits per heavy atom. The highest BCUT2D eigenvalue weighted by atomic mass is 79.9. The van der Waals surface area contributed by atoms with Crippen LogP contribution in [-0.2, 0) is 7.05 Å². The minimum atomic E-state index is 0.792. The van der Waals surface area contributed by atoms with Crippen molar-refractivity contribution in [1.29, 1.82) is 0 Å². The number of aryl methyl sites for hydroxylation is 1. The molecule has 72 valence electrons. The van der Waals surface area contributed by atoms with E-state index in [4.69, 9.17) is 0 Å². The lowest BCUT2D eigenvalue weighted by atomic mass is 10.4. The fraction of sp³-hybridized carbons (Fsp3) is 0.111. The third-order valence-corrected chi connectivity index (χ3v) is 2.37. The van der Waals surface area contributed by atoms with Crippen molar-refractivity contribution in [2.45, 2.75) is 0 Å². The number of rotatable bonds is 2. The lowest BCUT2D eigenvalue weighted by molar-refractivity contribution is 0.768. The number of hydrogen-bond acceptors (Lipinski definition) is 3. The van der Waals surface area contributed by atoms with Crippen molar-refractivity contribution >= 4 is 27.4 Å². The summed E-state index contributed by atoms with van der Waals surface area (Å²) in [7, 11) is 1.87. The Balaban J connectivity index is 2.23. The molecule has 2 aromatic heterocycles. The zero-order chi connectivity index (χ0) is 9.97. The van der Waals surface area contributed by atoms with E-state index in [1.54, 1.807) is 17.1 Å². The number of pyridine rings is 1. The summed E-state index contributed by atoms with van der Waals surface area (Å²) in [5, 5.41) is 7.21. The van der Waals surface area contributed by atoms with E-state index in [1.807, 2.05) is 25.4 Å². The number of aromatic nitrogens is 3. The first-order valence-corrected chi connectivity index (χ1v) is 4.91. The van der Waals surface area contributed by atoms with Gasteiger partial charge < -0.3 is 5.32 Å². The lowest BCUT2D eigenvalue weighted by Crippen LogP contribution is -1.92. The van der Waals surface area contributed by atoms with Crippen LogP contribution in [0.1, 0.15) is 0 Å². The van der Waals surface area contributed by atoms with Crippen LogP contribution < -0.4 is 5.32 Å². The third-order valence-electron chi connectivity index (χ3n) is 1.73. The van der Waals surface area contributed by atoms with Gasteiger partial charge >= 0.3 is 0 Å². The fourth-order valence-electron chi connectivity index (χ4n) is 1.10. The van der Waals surface area contributed by atoms with Gasteiger partial charge in [0.2, 0.25) is 0 Å². The second-order valence-corrected chi connectivity index (χ2v) is 3.72. The van der Waals surface area contributed by atoms with Crippen molar-refractivity contribution in [2.24, 2.45) is 7.05 Å². The molecule has 5 heteroatoms. The molecule has 0 aliphatic carbocycles. The van der Waals surface area contributed by atoms with E-state index in [0.29, 0.717) is 0 Å². The van der Waals surface area contributed by atoms with Crippen molar-refractivity contribution < 1.29 is 0 Å². The minimum Gasteiger partial charge on any atom is -0.337 e. The Labute approximate surface area is 90.1 Å². The van der Waals surface area contributed by atoms with Crippen molar-refractivity contribution in [3.8, 4) is 0 Å². The number of halogens is 1. The van der Waals surface area contributed by atoms with Crippen LogP contribution in [0.2, 0.25) is 0 Å². The molecule has 0 aliphatic heterocycles. The lowest BCUT2D eigenvalue weighted by Gasteiger charge is -2.03. The summed E-state index contributed by atoms with van der Waals surface area (Å²) in [4.78, 5) is 4.19. The van der Waals surface area contributed by atoms with Gasteiger partial charge in [-0.25, -0.2) is 4.98 Å². The summed E-state index contributed by atoms with van der Waals surface area (Å²) in [6.07, 6.45) is 5.38. The molecular formula is C9H9BrN4. The van der Waals surface area contributed by atoms with E-state index in [2.05, 4.69) is 31.3 Å². The second kappa shape index (κ2) is 3.79. The highest BCUT2D eigenvalue weighted by Gasteiger charge is 2.01. The van der Waals surface area contributed by atoms with Gasteiger partial charge in [-0.2, -0.15) is 5.10 Å². The molecule has 14 heavy (non-hydrogen) atoms. The van der Waals surface area contributed by atoms with Gasteiger partial charge in [-0.1, -0.05) is 0 Å². The molecule has 0 bridgehead atoms. The van der Waals surface area contributed by atoms with Crippen molar-refractivity contribution in [3.05, 3.63) is 35.2 Å². The fourth-order valence-corrected chi connectivity index (χ4v) is 1.45. The Hall–Kier alpha value is -1.36. The zero-order valence-electron chi connectivity index (χ0n) is 7.61. The van der Waals surface area contributed by atoms with Crippen LogP contribution in [0.4, 0.5) is 11.5 Å². The monoisotopic (exact) mass is 252 g/mol. The molecule has 0 saturated heterocycles. The molecule has 0 spiro atoms. The van der Waals surface area contributed by atoms with Gasteiger partial charge in [-0.15, -0.1) is 0 Å². The molecule has 2 rings (SSSR count). The minimum absolute atomic E-state index is 0.792. The molecule has 0 atom stereocenters. The summed E-state index contributed by atoms with van der Waals surface area (Å²) < 4.78 is 2.67. The van der Waals surface area contributed by atoms with E-state index in [9.17, 15) is 0 Å². The smallest absolute Gasteiger partial charge is 0.144 e. The number of nitrogens with one attached hydrogen (secondary N) is 1. The van der Waals surface area contributed by atoms with E-state index >= 15 is 0 Å². The van der Waals surface area contributed by atoms with Crippen molar-refractivity contribution in [1.82, 2.24) is 14.8 Å². The summed E-state index contributed by atoms with van der Waals surface area (Å²) in [6.45, 7) is 0. The average Bonchev–Trinajstić information content (AvgIpc) is 2.56. The summed E-state index contributed by atoms with van der Waals surface area (Å²) in [5.41, 5.74) is 0.923. The highest BCUT2D eigenvalue weighted by Crippen LogP contribution is 2.22. The van der Waals surface area contributed by atoms with Crippen LogP contribution in [-0.4, -0.2) is 14.8 Å². The maximum absolute atomic E-state index is 4.19. The van der Waals surface area contributed by atoms with Gasteiger partial charge in [-0.05, 0) is 28.1 Å². The van der Waals surface area contributed by atoms with E-state index < -0.39 is 0 Å². The van der Waals surface area contributed by atoms with Gasteiger partial charge in [0.25, 0.3) is 0 Å². The Kier molecular flexibility index (Phi) is 2.49. The van der Waals surface area contributed by atoms with Gasteiger partial charge in [0.1, 0.15) is 5.82 Å². The average molecular weight is 253 g/mol. The highest BCUT2D eigenvalue weighted by molar-refractivity contribution is 9.10. The van der Waals surface area contributed by atoms with E-state index in [-0.39, 0.29) is 0 Å². The SMILES string of the molecule is Cn1cc(Nc2ncccc2Br)cn1. The van der Waals surface area contributed by atoms with Gasteiger partial charge in [0.15, 0.2) is 0 Å². The molecular weight excluding hydrogens is 244 g/mol. The van der Waals surface area contributed by atoms with E-state index in [0.717, 1.165) is 16.0 Å². The third kappa shape index (κ3) is 1.93. The summed E-state index contributed by atoms with van der Waals surface area (Å²) in [6, 6.07) is 3.81. The van der Waals surface area contributed by atoms with Crippen LogP contribution in [0, 0.1) is 0 Å². The van der Waals surface area contributed by atoms with Crippen LogP contribution in [0.25, 0.3) is 0 Å². The first-order chi connectivity index (χ1) is 6.75. The maximum Gasteiger partial charge on any atom is 0.144 e. The van der Waals surface area contributed by atoms with Crippen molar-refractivity contribution in [3.63, 3.8) is 0 Å². The summed E-state index contributed by atoms with van der Waals surface area (Å²) >= 11 is 3.41. The van der Waals surface area contributed by atoms with Gasteiger partial charge in [0.05, 0.1) is 16.4 Å². The topological polar surface area (TPSA) is 42.7 Å². The Bertz CT molecular complexity index is 438. The predicted molar refractivity (Wildman–Crippen MR) is 58.4 cm³/mol. The molecule has 2 heterocycles. The normalized spacial score (nSPS) is 10.1. The molecule has 0 radical (unpaired) electrons. The number of hydrogen-bond donors (Lipinski definition) is 1. The molecule has 0 fully saturated rings. The molecule has 4 nitrogen and oxygen atoms in total. The first-order valence-electron chi connectivity index (χ1n) is 4.12. The zero-order valence-corrected chi connectivity index (χ0v) is 9.19. The van der Waals surface area contributed by atoms with Crippen LogP contribution in [0.3, 0.4) is 0 Å². The Morgan fingerprint density at radius 1 is 1.50 bits per heavy atom. The van der Waals surface area contributed by atoms with Crippen molar-refractivity contribution in [2.75, 3.05) is 5.32 Å². The molecule has 0 unspecified atom stereocenters. The standard InChI is InChI=1S/C9H9BrN4/c1-14-6-7(5-12-14)13-9-8(10)3-2-4-11-9/h2-6H,1H3,(H,11,13). The number of nitrogens with zero attached hydrogens (tertiary/aromatic N) is 3. The van der Waals surface area contributed by atoms with Crippen LogP contribution >= 0.6 is 15.9 Å². The molecule has 0 aromatic carbocycles. The maximum atomic E-state index is 4.19. The first kappa shape index (κ1) is 9.21. The van der Waals surface area contributed by atoms with E-state index in [1.165, 1.54) is 0 Å². The molecule has 1 N–H and O–H groups in total. The quantitative estimate of drug-likeness (QED) is 0.893. The van der Waals surface area contributed by atoms with Gasteiger partial charge in [0, 0.05) is 19.4 Å². The Morgan fingerprint density at radius 3 is 3.00 bits per heavy atom. The summed E-state index contributed by atoms with van der Waals surface area (Å²) in [5.74, 6) is 0.792. The molecule has 0 saturated carbocycles. The molecule has 2 aromatic rings.